The second-order valence-electron chi connectivity index (χ2n) is 4.09. The molecule has 0 amide bonds. The van der Waals surface area contributed by atoms with Gasteiger partial charge in [0.05, 0.1) is 7.11 Å². The highest BCUT2D eigenvalue weighted by molar-refractivity contribution is 9.08. The minimum absolute atomic E-state index is 0.0649. The number of carbonyl (C=O) groups is 1. The average molecular weight is 301 g/mol. The zero-order chi connectivity index (χ0) is 12.8. The van der Waals surface area contributed by atoms with Crippen molar-refractivity contribution < 1.29 is 14.3 Å². The number of hydrogen-bond donors (Lipinski definition) is 0. The fraction of sp³-hybridized carbons (Fsp3) is 0.462. The van der Waals surface area contributed by atoms with Crippen molar-refractivity contribution in [2.75, 3.05) is 7.11 Å². The lowest BCUT2D eigenvalue weighted by molar-refractivity contribution is -0.150. The molecule has 0 radical (unpaired) electrons. The molecule has 0 aliphatic rings. The molecule has 0 fully saturated rings. The number of alkyl halides is 1. The van der Waals surface area contributed by atoms with Crippen LogP contribution in [0.25, 0.3) is 0 Å². The number of methoxy groups -OCH3 is 1. The summed E-state index contributed by atoms with van der Waals surface area (Å²) in [6, 6.07) is 7.64. The quantitative estimate of drug-likeness (QED) is 0.619. The standard InChI is InChI=1S/C13H17BrO3/c1-9(2)12(13(15)16-3)17-11-6-4-5-10(7-11)8-14/h4-7,9,12H,8H2,1-3H3/t12-/m0/s1. The lowest BCUT2D eigenvalue weighted by Gasteiger charge is -2.20. The summed E-state index contributed by atoms with van der Waals surface area (Å²) in [6.45, 7) is 3.85. The van der Waals surface area contributed by atoms with E-state index in [1.807, 2.05) is 38.1 Å². The molecule has 0 aromatic heterocycles. The molecule has 1 aromatic rings. The first-order chi connectivity index (χ1) is 8.08. The first kappa shape index (κ1) is 14.0. The summed E-state index contributed by atoms with van der Waals surface area (Å²) in [6.07, 6.45) is -0.564. The molecule has 0 bridgehead atoms. The maximum Gasteiger partial charge on any atom is 0.347 e. The number of benzene rings is 1. The number of ether oxygens (including phenoxy) is 2. The van der Waals surface area contributed by atoms with E-state index in [-0.39, 0.29) is 11.9 Å². The van der Waals surface area contributed by atoms with E-state index in [1.165, 1.54) is 7.11 Å². The summed E-state index contributed by atoms with van der Waals surface area (Å²) in [5.74, 6) is 0.408. The van der Waals surface area contributed by atoms with Gasteiger partial charge in [-0.1, -0.05) is 41.9 Å². The summed E-state index contributed by atoms with van der Waals surface area (Å²) in [4.78, 5) is 11.6. The van der Waals surface area contributed by atoms with Crippen molar-refractivity contribution in [3.63, 3.8) is 0 Å². The Morgan fingerprint density at radius 1 is 1.41 bits per heavy atom. The van der Waals surface area contributed by atoms with Gasteiger partial charge < -0.3 is 9.47 Å². The molecule has 1 atom stereocenters. The van der Waals surface area contributed by atoms with Gasteiger partial charge in [0.1, 0.15) is 5.75 Å². The van der Waals surface area contributed by atoms with Crippen LogP contribution < -0.4 is 4.74 Å². The number of halogens is 1. The van der Waals surface area contributed by atoms with Crippen LogP contribution in [-0.2, 0) is 14.9 Å². The van der Waals surface area contributed by atoms with Crippen LogP contribution in [-0.4, -0.2) is 19.2 Å². The van der Waals surface area contributed by atoms with Crippen LogP contribution in [0.1, 0.15) is 19.4 Å². The van der Waals surface area contributed by atoms with Crippen molar-refractivity contribution in [3.05, 3.63) is 29.8 Å². The van der Waals surface area contributed by atoms with E-state index < -0.39 is 6.10 Å². The Morgan fingerprint density at radius 2 is 2.12 bits per heavy atom. The van der Waals surface area contributed by atoms with Gasteiger partial charge in [0.2, 0.25) is 0 Å². The fourth-order valence-electron chi connectivity index (χ4n) is 1.42. The predicted octanol–water partition coefficient (Wildman–Crippen LogP) is 3.16. The SMILES string of the molecule is COC(=O)[C@@H](Oc1cccc(CBr)c1)C(C)C. The molecule has 1 aromatic carbocycles. The minimum Gasteiger partial charge on any atom is -0.478 e. The fourth-order valence-corrected chi connectivity index (χ4v) is 1.77. The summed E-state index contributed by atoms with van der Waals surface area (Å²) < 4.78 is 10.4. The highest BCUT2D eigenvalue weighted by atomic mass is 79.9. The highest BCUT2D eigenvalue weighted by Gasteiger charge is 2.24. The Bertz CT molecular complexity index is 377. The molecule has 17 heavy (non-hydrogen) atoms. The highest BCUT2D eigenvalue weighted by Crippen LogP contribution is 2.19. The lowest BCUT2D eigenvalue weighted by Crippen LogP contribution is -2.33. The first-order valence-corrected chi connectivity index (χ1v) is 6.60. The summed E-state index contributed by atoms with van der Waals surface area (Å²) >= 11 is 3.38. The Labute approximate surface area is 110 Å². The van der Waals surface area contributed by atoms with Crippen LogP contribution in [0, 0.1) is 5.92 Å². The molecular weight excluding hydrogens is 284 g/mol. The van der Waals surface area contributed by atoms with Crippen LogP contribution in [0.4, 0.5) is 0 Å². The monoisotopic (exact) mass is 300 g/mol. The van der Waals surface area contributed by atoms with Gasteiger partial charge in [0.25, 0.3) is 0 Å². The Kier molecular flexibility index (Phi) is 5.48. The van der Waals surface area contributed by atoms with Gasteiger partial charge in [-0.25, -0.2) is 4.79 Å². The summed E-state index contributed by atoms with van der Waals surface area (Å²) in [5, 5.41) is 0.759. The molecular formula is C13H17BrO3. The van der Waals surface area contributed by atoms with Crippen molar-refractivity contribution >= 4 is 21.9 Å². The third-order valence-corrected chi connectivity index (χ3v) is 3.00. The van der Waals surface area contributed by atoms with Gasteiger partial charge in [0, 0.05) is 11.2 Å². The zero-order valence-electron chi connectivity index (χ0n) is 10.3. The van der Waals surface area contributed by atoms with E-state index >= 15 is 0 Å². The molecule has 0 saturated carbocycles. The van der Waals surface area contributed by atoms with Crippen LogP contribution in [0.2, 0.25) is 0 Å². The van der Waals surface area contributed by atoms with E-state index in [9.17, 15) is 4.79 Å². The number of carbonyl (C=O) groups excluding carboxylic acids is 1. The van der Waals surface area contributed by atoms with Gasteiger partial charge in [0.15, 0.2) is 6.10 Å². The molecule has 0 unspecified atom stereocenters. The van der Waals surface area contributed by atoms with E-state index in [0.29, 0.717) is 5.75 Å². The molecule has 0 heterocycles. The van der Waals surface area contributed by atoms with Crippen LogP contribution >= 0.6 is 15.9 Å². The maximum atomic E-state index is 11.6. The second-order valence-corrected chi connectivity index (χ2v) is 4.65. The second kappa shape index (κ2) is 6.64. The molecule has 3 nitrogen and oxygen atoms in total. The zero-order valence-corrected chi connectivity index (χ0v) is 11.9. The van der Waals surface area contributed by atoms with Crippen molar-refractivity contribution in [2.24, 2.45) is 5.92 Å². The number of rotatable bonds is 5. The van der Waals surface area contributed by atoms with E-state index in [1.54, 1.807) is 0 Å². The Hall–Kier alpha value is -1.03. The minimum atomic E-state index is -0.564. The number of hydrogen-bond acceptors (Lipinski definition) is 3. The molecule has 4 heteroatoms. The van der Waals surface area contributed by atoms with Gasteiger partial charge in [-0.2, -0.15) is 0 Å². The molecule has 94 valence electrons. The summed E-state index contributed by atoms with van der Waals surface area (Å²) in [5.41, 5.74) is 1.11. The van der Waals surface area contributed by atoms with Gasteiger partial charge in [-0.15, -0.1) is 0 Å². The van der Waals surface area contributed by atoms with Crippen LogP contribution in [0.3, 0.4) is 0 Å². The lowest BCUT2D eigenvalue weighted by atomic mass is 10.1. The van der Waals surface area contributed by atoms with Crippen molar-refractivity contribution in [1.82, 2.24) is 0 Å². The topological polar surface area (TPSA) is 35.5 Å². The van der Waals surface area contributed by atoms with Crippen LogP contribution in [0.15, 0.2) is 24.3 Å². The van der Waals surface area contributed by atoms with E-state index in [4.69, 9.17) is 9.47 Å². The third-order valence-electron chi connectivity index (χ3n) is 2.35. The largest absolute Gasteiger partial charge is 0.478 e. The van der Waals surface area contributed by atoms with Crippen LogP contribution in [0.5, 0.6) is 5.75 Å². The molecule has 1 rings (SSSR count). The molecule has 0 aliphatic heterocycles. The maximum absolute atomic E-state index is 11.6. The van der Waals surface area contributed by atoms with E-state index in [2.05, 4.69) is 15.9 Å². The smallest absolute Gasteiger partial charge is 0.347 e. The third kappa shape index (κ3) is 4.04. The van der Waals surface area contributed by atoms with Crippen molar-refractivity contribution in [3.8, 4) is 5.75 Å². The average Bonchev–Trinajstić information content (AvgIpc) is 2.35. The predicted molar refractivity (Wildman–Crippen MR) is 70.3 cm³/mol. The number of esters is 1. The first-order valence-electron chi connectivity index (χ1n) is 5.48. The van der Waals surface area contributed by atoms with Crippen molar-refractivity contribution in [2.45, 2.75) is 25.3 Å². The van der Waals surface area contributed by atoms with Gasteiger partial charge in [-0.3, -0.25) is 0 Å². The molecule has 0 aliphatic carbocycles. The van der Waals surface area contributed by atoms with E-state index in [0.717, 1.165) is 10.9 Å². The molecule has 0 saturated heterocycles. The summed E-state index contributed by atoms with van der Waals surface area (Å²) in [7, 11) is 1.37. The molecule has 0 spiro atoms. The van der Waals surface area contributed by atoms with Crippen molar-refractivity contribution in [1.29, 1.82) is 0 Å². The Balaban J connectivity index is 2.82. The van der Waals surface area contributed by atoms with Gasteiger partial charge >= 0.3 is 5.97 Å². The normalized spacial score (nSPS) is 12.3. The molecule has 0 N–H and O–H groups in total. The Morgan fingerprint density at radius 3 is 2.65 bits per heavy atom. The van der Waals surface area contributed by atoms with Gasteiger partial charge in [-0.05, 0) is 17.7 Å².